The summed E-state index contributed by atoms with van der Waals surface area (Å²) in [4.78, 5) is 0. The minimum atomic E-state index is -0.411. The van der Waals surface area contributed by atoms with Crippen LogP contribution >= 0.6 is 11.6 Å². The summed E-state index contributed by atoms with van der Waals surface area (Å²) in [5, 5.41) is 13.3. The third-order valence-corrected chi connectivity index (χ3v) is 3.19. The van der Waals surface area contributed by atoms with E-state index in [1.807, 2.05) is 26.0 Å². The number of anilines is 1. The van der Waals surface area contributed by atoms with Gasteiger partial charge in [-0.1, -0.05) is 23.7 Å². The molecule has 2 N–H and O–H groups in total. The zero-order valence-electron chi connectivity index (χ0n) is 10.7. The maximum absolute atomic E-state index is 13.7. The van der Waals surface area contributed by atoms with Gasteiger partial charge in [0.05, 0.1) is 11.7 Å². The summed E-state index contributed by atoms with van der Waals surface area (Å²) in [6, 6.07) is 9.67. The monoisotopic (exact) mass is 279 g/mol. The quantitative estimate of drug-likeness (QED) is 0.856. The molecule has 0 aromatic heterocycles. The summed E-state index contributed by atoms with van der Waals surface area (Å²) in [6.07, 6.45) is 0. The van der Waals surface area contributed by atoms with Gasteiger partial charge >= 0.3 is 0 Å². The van der Waals surface area contributed by atoms with Crippen molar-refractivity contribution in [1.82, 2.24) is 0 Å². The van der Waals surface area contributed by atoms with Crippen molar-refractivity contribution in [2.45, 2.75) is 19.9 Å². The molecule has 0 saturated carbocycles. The van der Waals surface area contributed by atoms with Crippen LogP contribution in [0.2, 0.25) is 5.02 Å². The summed E-state index contributed by atoms with van der Waals surface area (Å²) in [6.45, 7) is 3.76. The molecule has 2 nitrogen and oxygen atoms in total. The van der Waals surface area contributed by atoms with Gasteiger partial charge in [0.2, 0.25) is 0 Å². The third-order valence-electron chi connectivity index (χ3n) is 2.96. The fraction of sp³-hybridized carbons (Fsp3) is 0.200. The first-order chi connectivity index (χ1) is 8.97. The Bertz CT molecular complexity index is 601. The van der Waals surface area contributed by atoms with Crippen molar-refractivity contribution in [3.63, 3.8) is 0 Å². The molecule has 0 aliphatic rings. The number of aryl methyl sites for hydroxylation is 1. The van der Waals surface area contributed by atoms with Gasteiger partial charge in [0.25, 0.3) is 0 Å². The number of benzene rings is 2. The van der Waals surface area contributed by atoms with Crippen molar-refractivity contribution in [1.29, 1.82) is 0 Å². The van der Waals surface area contributed by atoms with E-state index in [0.717, 1.165) is 11.1 Å². The van der Waals surface area contributed by atoms with Gasteiger partial charge in [-0.15, -0.1) is 0 Å². The normalized spacial score (nSPS) is 12.2. The molecule has 2 rings (SSSR count). The summed E-state index contributed by atoms with van der Waals surface area (Å²) < 4.78 is 13.7. The van der Waals surface area contributed by atoms with Gasteiger partial charge in [-0.3, -0.25) is 0 Å². The lowest BCUT2D eigenvalue weighted by atomic mass is 10.0. The molecule has 0 aliphatic carbocycles. The first kappa shape index (κ1) is 13.7. The Morgan fingerprint density at radius 3 is 2.58 bits per heavy atom. The number of aromatic hydroxyl groups is 1. The second kappa shape index (κ2) is 5.49. The smallest absolute Gasteiger partial charge is 0.147 e. The van der Waals surface area contributed by atoms with Crippen LogP contribution in [0.25, 0.3) is 0 Å². The van der Waals surface area contributed by atoms with Crippen LogP contribution in [0.1, 0.15) is 24.1 Å². The van der Waals surface area contributed by atoms with E-state index in [4.69, 9.17) is 11.6 Å². The molecule has 2 aromatic rings. The lowest BCUT2D eigenvalue weighted by Gasteiger charge is -2.17. The van der Waals surface area contributed by atoms with Crippen LogP contribution in [-0.4, -0.2) is 5.11 Å². The topological polar surface area (TPSA) is 32.3 Å². The molecular formula is C15H15ClFNO. The van der Waals surface area contributed by atoms with E-state index in [0.29, 0.717) is 10.7 Å². The highest BCUT2D eigenvalue weighted by atomic mass is 35.5. The second-order valence-corrected chi connectivity index (χ2v) is 4.99. The Labute approximate surface area is 116 Å². The predicted octanol–water partition coefficient (Wildman–Crippen LogP) is 4.67. The minimum Gasteiger partial charge on any atom is -0.508 e. The second-order valence-electron chi connectivity index (χ2n) is 4.55. The molecule has 0 bridgehead atoms. The highest BCUT2D eigenvalue weighted by Crippen LogP contribution is 2.29. The van der Waals surface area contributed by atoms with E-state index in [2.05, 4.69) is 5.32 Å². The minimum absolute atomic E-state index is 0.203. The van der Waals surface area contributed by atoms with E-state index < -0.39 is 5.82 Å². The van der Waals surface area contributed by atoms with Gasteiger partial charge in [0.1, 0.15) is 11.6 Å². The van der Waals surface area contributed by atoms with Gasteiger partial charge in [-0.25, -0.2) is 4.39 Å². The summed E-state index contributed by atoms with van der Waals surface area (Å²) in [5.74, 6) is -0.208. The molecule has 0 fully saturated rings. The number of hydrogen-bond acceptors (Lipinski definition) is 2. The SMILES string of the molecule is Cc1ccc(C(C)Nc2ccc(Cl)cc2F)c(O)c1. The molecule has 0 aliphatic heterocycles. The maximum atomic E-state index is 13.7. The van der Waals surface area contributed by atoms with E-state index in [1.54, 1.807) is 18.2 Å². The fourth-order valence-corrected chi connectivity index (χ4v) is 2.10. The van der Waals surface area contributed by atoms with Gasteiger partial charge < -0.3 is 10.4 Å². The summed E-state index contributed by atoms with van der Waals surface area (Å²) in [5.41, 5.74) is 2.06. The number of hydrogen-bond donors (Lipinski definition) is 2. The van der Waals surface area contributed by atoms with Crippen molar-refractivity contribution >= 4 is 17.3 Å². The zero-order chi connectivity index (χ0) is 14.0. The molecule has 0 saturated heterocycles. The van der Waals surface area contributed by atoms with Gasteiger partial charge in [-0.05, 0) is 43.7 Å². The Hall–Kier alpha value is -1.74. The fourth-order valence-electron chi connectivity index (χ4n) is 1.94. The Morgan fingerprint density at radius 1 is 1.21 bits per heavy atom. The van der Waals surface area contributed by atoms with Crippen LogP contribution in [0.4, 0.5) is 10.1 Å². The molecule has 19 heavy (non-hydrogen) atoms. The molecule has 0 amide bonds. The van der Waals surface area contributed by atoms with E-state index in [1.165, 1.54) is 6.07 Å². The number of halogens is 2. The molecule has 4 heteroatoms. The highest BCUT2D eigenvalue weighted by Gasteiger charge is 2.12. The van der Waals surface area contributed by atoms with Crippen molar-refractivity contribution in [3.8, 4) is 5.75 Å². The maximum Gasteiger partial charge on any atom is 0.147 e. The molecule has 0 spiro atoms. The summed E-state index contributed by atoms with van der Waals surface area (Å²) in [7, 11) is 0. The standard InChI is InChI=1S/C15H15ClFNO/c1-9-3-5-12(15(19)7-9)10(2)18-14-6-4-11(16)8-13(14)17/h3-8,10,18-19H,1-2H3. The van der Waals surface area contributed by atoms with E-state index in [9.17, 15) is 9.50 Å². The molecule has 100 valence electrons. The van der Waals surface area contributed by atoms with Gasteiger partial charge in [0, 0.05) is 10.6 Å². The first-order valence-corrected chi connectivity index (χ1v) is 6.36. The molecule has 0 radical (unpaired) electrons. The largest absolute Gasteiger partial charge is 0.508 e. The van der Waals surface area contributed by atoms with Crippen LogP contribution in [0.3, 0.4) is 0 Å². The molecule has 0 heterocycles. The van der Waals surface area contributed by atoms with Crippen LogP contribution in [0.5, 0.6) is 5.75 Å². The van der Waals surface area contributed by atoms with Gasteiger partial charge in [-0.2, -0.15) is 0 Å². The lowest BCUT2D eigenvalue weighted by molar-refractivity contribution is 0.465. The molecule has 1 atom stereocenters. The number of phenolic OH excluding ortho intramolecular Hbond substituents is 1. The zero-order valence-corrected chi connectivity index (χ0v) is 11.5. The van der Waals surface area contributed by atoms with Crippen LogP contribution in [0, 0.1) is 12.7 Å². The number of phenols is 1. The third kappa shape index (κ3) is 3.18. The van der Waals surface area contributed by atoms with Crippen molar-refractivity contribution in [2.75, 3.05) is 5.32 Å². The van der Waals surface area contributed by atoms with Crippen LogP contribution in [-0.2, 0) is 0 Å². The average Bonchev–Trinajstić information content (AvgIpc) is 2.32. The van der Waals surface area contributed by atoms with Crippen molar-refractivity contribution in [3.05, 3.63) is 58.4 Å². The Kier molecular flexibility index (Phi) is 3.96. The molecule has 1 unspecified atom stereocenters. The predicted molar refractivity (Wildman–Crippen MR) is 76.3 cm³/mol. The number of rotatable bonds is 3. The lowest BCUT2D eigenvalue weighted by Crippen LogP contribution is -2.08. The Morgan fingerprint density at radius 2 is 1.95 bits per heavy atom. The molecular weight excluding hydrogens is 265 g/mol. The van der Waals surface area contributed by atoms with Crippen molar-refractivity contribution in [2.24, 2.45) is 0 Å². The van der Waals surface area contributed by atoms with Crippen molar-refractivity contribution < 1.29 is 9.50 Å². The number of nitrogens with one attached hydrogen (secondary N) is 1. The van der Waals surface area contributed by atoms with E-state index in [-0.39, 0.29) is 11.8 Å². The average molecular weight is 280 g/mol. The summed E-state index contributed by atoms with van der Waals surface area (Å²) >= 11 is 5.71. The van der Waals surface area contributed by atoms with Crippen LogP contribution in [0.15, 0.2) is 36.4 Å². The van der Waals surface area contributed by atoms with Crippen LogP contribution < -0.4 is 5.32 Å². The molecule has 2 aromatic carbocycles. The highest BCUT2D eigenvalue weighted by molar-refractivity contribution is 6.30. The Balaban J connectivity index is 2.23. The van der Waals surface area contributed by atoms with E-state index >= 15 is 0 Å². The first-order valence-electron chi connectivity index (χ1n) is 5.98. The van der Waals surface area contributed by atoms with Gasteiger partial charge in [0.15, 0.2) is 0 Å².